The number of carbonyl (C=O) groups is 1. The Morgan fingerprint density at radius 1 is 1.33 bits per heavy atom. The molecule has 1 aliphatic carbocycles. The number of carboxylic acid groups (broad SMARTS) is 1. The van der Waals surface area contributed by atoms with E-state index in [9.17, 15) is 4.79 Å². The maximum atomic E-state index is 10.7. The highest BCUT2D eigenvalue weighted by atomic mass is 79.9. The molecule has 0 spiro atoms. The van der Waals surface area contributed by atoms with Crippen LogP contribution in [-0.2, 0) is 9.53 Å². The number of carboxylic acids is 1. The lowest BCUT2D eigenvalue weighted by molar-refractivity contribution is -0.138. The van der Waals surface area contributed by atoms with Gasteiger partial charge in [0.05, 0.1) is 41.9 Å². The van der Waals surface area contributed by atoms with Gasteiger partial charge in [0.2, 0.25) is 0 Å². The summed E-state index contributed by atoms with van der Waals surface area (Å²) < 4.78 is 8.17. The number of nitrogens with zero attached hydrogens (tertiary/aromatic N) is 5. The maximum Gasteiger partial charge on any atom is 0.305 e. The summed E-state index contributed by atoms with van der Waals surface area (Å²) >= 11 is 9.84. The van der Waals surface area contributed by atoms with Crippen LogP contribution in [0.2, 0.25) is 5.02 Å². The summed E-state index contributed by atoms with van der Waals surface area (Å²) in [6.07, 6.45) is 5.34. The van der Waals surface area contributed by atoms with Crippen LogP contribution in [0.15, 0.2) is 35.3 Å². The van der Waals surface area contributed by atoms with Crippen LogP contribution in [0.3, 0.4) is 0 Å². The van der Waals surface area contributed by atoms with Crippen LogP contribution in [0.25, 0.3) is 16.6 Å². The Hall–Kier alpha value is -2.23. The minimum absolute atomic E-state index is 0.0129. The number of hydrogen-bond donors (Lipinski definition) is 1. The number of aromatic nitrogens is 4. The molecule has 3 aromatic rings. The summed E-state index contributed by atoms with van der Waals surface area (Å²) in [6, 6.07) is 6.44. The Morgan fingerprint density at radius 3 is 2.97 bits per heavy atom. The molecular weight excluding hydrogens is 474 g/mol. The van der Waals surface area contributed by atoms with Gasteiger partial charge in [-0.3, -0.25) is 4.79 Å². The van der Waals surface area contributed by atoms with Gasteiger partial charge in [0.25, 0.3) is 0 Å². The van der Waals surface area contributed by atoms with E-state index in [2.05, 4.69) is 30.9 Å². The van der Waals surface area contributed by atoms with Crippen molar-refractivity contribution in [3.63, 3.8) is 0 Å². The first kappa shape index (κ1) is 19.7. The molecule has 1 aromatic carbocycles. The molecule has 2 aliphatic rings. The van der Waals surface area contributed by atoms with E-state index in [1.807, 2.05) is 18.2 Å². The minimum atomic E-state index is -0.848. The van der Waals surface area contributed by atoms with Crippen molar-refractivity contribution in [3.05, 3.63) is 40.3 Å². The second kappa shape index (κ2) is 7.79. The molecule has 30 heavy (non-hydrogen) atoms. The van der Waals surface area contributed by atoms with E-state index >= 15 is 0 Å². The van der Waals surface area contributed by atoms with Gasteiger partial charge in [-0.15, -0.1) is 0 Å². The largest absolute Gasteiger partial charge is 0.481 e. The first-order chi connectivity index (χ1) is 14.5. The van der Waals surface area contributed by atoms with Gasteiger partial charge in [-0.1, -0.05) is 11.6 Å². The molecule has 0 radical (unpaired) electrons. The zero-order valence-corrected chi connectivity index (χ0v) is 18.3. The number of fused-ring (bicyclic) bond motifs is 2. The minimum Gasteiger partial charge on any atom is -0.481 e. The third kappa shape index (κ3) is 3.66. The fourth-order valence-electron chi connectivity index (χ4n) is 4.29. The summed E-state index contributed by atoms with van der Waals surface area (Å²) in [5, 5.41) is 14.6. The molecule has 2 fully saturated rings. The Bertz CT molecular complexity index is 1110. The molecule has 156 valence electrons. The van der Waals surface area contributed by atoms with Crippen LogP contribution in [0.1, 0.15) is 19.3 Å². The highest BCUT2D eigenvalue weighted by Gasteiger charge is 2.52. The Kier molecular flexibility index (Phi) is 5.12. The molecule has 8 nitrogen and oxygen atoms in total. The highest BCUT2D eigenvalue weighted by Crippen LogP contribution is 2.50. The Morgan fingerprint density at radius 2 is 2.20 bits per heavy atom. The molecular formula is C20H19BrClN5O3. The molecule has 1 N–H and O–H groups in total. The number of pyridine rings is 1. The van der Waals surface area contributed by atoms with Crippen molar-refractivity contribution < 1.29 is 14.6 Å². The lowest BCUT2D eigenvalue weighted by atomic mass is 10.1. The molecule has 1 saturated heterocycles. The summed E-state index contributed by atoms with van der Waals surface area (Å²) in [6.45, 7) is 0.707. The smallest absolute Gasteiger partial charge is 0.305 e. The van der Waals surface area contributed by atoms with E-state index < -0.39 is 5.97 Å². The number of piperidine rings is 1. The average molecular weight is 493 g/mol. The number of benzene rings is 1. The number of hydrogen-bond acceptors (Lipinski definition) is 6. The molecule has 3 atom stereocenters. The number of rotatable bonds is 7. The summed E-state index contributed by atoms with van der Waals surface area (Å²) in [5.41, 5.74) is 1.67. The molecule has 10 heteroatoms. The predicted molar refractivity (Wildman–Crippen MR) is 115 cm³/mol. The molecule has 0 bridgehead atoms. The van der Waals surface area contributed by atoms with Crippen molar-refractivity contribution in [2.24, 2.45) is 5.92 Å². The van der Waals surface area contributed by atoms with Gasteiger partial charge < -0.3 is 14.7 Å². The van der Waals surface area contributed by atoms with Gasteiger partial charge >= 0.3 is 5.97 Å². The SMILES string of the molecule is O=C(O)CCOC[C@@H]1C[C@H]2C[C@H]2N1c1cc(-n2cncn2)c2cc(Cl)c(Br)cc2n1. The summed E-state index contributed by atoms with van der Waals surface area (Å²) in [7, 11) is 0. The summed E-state index contributed by atoms with van der Waals surface area (Å²) in [5.74, 6) is 0.653. The monoisotopic (exact) mass is 491 g/mol. The van der Waals surface area contributed by atoms with Crippen LogP contribution in [-0.4, -0.2) is 56.1 Å². The summed E-state index contributed by atoms with van der Waals surface area (Å²) in [4.78, 5) is 22.1. The van der Waals surface area contributed by atoms with Gasteiger partial charge in [-0.2, -0.15) is 5.10 Å². The van der Waals surface area contributed by atoms with E-state index in [0.717, 1.165) is 39.7 Å². The van der Waals surface area contributed by atoms with E-state index in [0.29, 0.717) is 23.6 Å². The van der Waals surface area contributed by atoms with Gasteiger partial charge in [-0.25, -0.2) is 14.6 Å². The molecule has 0 amide bonds. The zero-order valence-electron chi connectivity index (χ0n) is 15.9. The fourth-order valence-corrected chi connectivity index (χ4v) is 4.78. The highest BCUT2D eigenvalue weighted by molar-refractivity contribution is 9.10. The molecule has 1 saturated carbocycles. The van der Waals surface area contributed by atoms with Crippen LogP contribution in [0, 0.1) is 5.92 Å². The second-order valence-electron chi connectivity index (χ2n) is 7.70. The fraction of sp³-hybridized carbons (Fsp3) is 0.400. The number of ether oxygens (including phenoxy) is 1. The first-order valence-electron chi connectivity index (χ1n) is 9.74. The Labute approximate surface area is 185 Å². The number of anilines is 1. The first-order valence-corrected chi connectivity index (χ1v) is 10.9. The van der Waals surface area contributed by atoms with Crippen molar-refractivity contribution in [2.45, 2.75) is 31.3 Å². The average Bonchev–Trinajstić information content (AvgIpc) is 3.12. The number of halogens is 2. The van der Waals surface area contributed by atoms with Crippen molar-refractivity contribution in [2.75, 3.05) is 18.1 Å². The zero-order chi connectivity index (χ0) is 20.8. The van der Waals surface area contributed by atoms with Crippen LogP contribution >= 0.6 is 27.5 Å². The van der Waals surface area contributed by atoms with Crippen LogP contribution in [0.4, 0.5) is 5.82 Å². The molecule has 5 rings (SSSR count). The van der Waals surface area contributed by atoms with Gasteiger partial charge in [0.1, 0.15) is 18.5 Å². The molecule has 0 unspecified atom stereocenters. The topological polar surface area (TPSA) is 93.4 Å². The van der Waals surface area contributed by atoms with E-state index in [-0.39, 0.29) is 19.1 Å². The third-order valence-corrected chi connectivity index (χ3v) is 6.92. The lowest BCUT2D eigenvalue weighted by Gasteiger charge is -2.29. The van der Waals surface area contributed by atoms with Crippen molar-refractivity contribution in [1.82, 2.24) is 19.7 Å². The standard InChI is InChI=1S/C20H19BrClN5O3/c21-14-6-16-13(5-15(14)22)18(26-10-23-9-24-26)7-19(25-16)27-12(3-11-4-17(11)27)8-30-2-1-20(28)29/h5-7,9-12,17H,1-4,8H2,(H,28,29)/t11-,12-,17+/m0/s1. The number of aliphatic carboxylic acids is 1. The van der Waals surface area contributed by atoms with Crippen LogP contribution < -0.4 is 4.90 Å². The van der Waals surface area contributed by atoms with Crippen molar-refractivity contribution in [1.29, 1.82) is 0 Å². The van der Waals surface area contributed by atoms with Crippen molar-refractivity contribution in [3.8, 4) is 5.69 Å². The van der Waals surface area contributed by atoms with E-state index in [1.54, 1.807) is 11.0 Å². The van der Waals surface area contributed by atoms with Gasteiger partial charge in [0, 0.05) is 22.0 Å². The molecule has 1 aliphatic heterocycles. The second-order valence-corrected chi connectivity index (χ2v) is 8.96. The van der Waals surface area contributed by atoms with Gasteiger partial charge in [0.15, 0.2) is 0 Å². The molecule has 2 aromatic heterocycles. The van der Waals surface area contributed by atoms with E-state index in [4.69, 9.17) is 26.4 Å². The van der Waals surface area contributed by atoms with E-state index in [1.165, 1.54) is 6.33 Å². The predicted octanol–water partition coefficient (Wildman–Crippen LogP) is 3.69. The lowest BCUT2D eigenvalue weighted by Crippen LogP contribution is -2.37. The van der Waals surface area contributed by atoms with Crippen LogP contribution in [0.5, 0.6) is 0 Å². The van der Waals surface area contributed by atoms with Gasteiger partial charge in [-0.05, 0) is 46.8 Å². The normalized spacial score (nSPS) is 22.5. The maximum absolute atomic E-state index is 10.7. The third-order valence-electron chi connectivity index (χ3n) is 5.73. The molecule has 3 heterocycles. The Balaban J connectivity index is 1.51. The quantitative estimate of drug-likeness (QED) is 0.503. The van der Waals surface area contributed by atoms with Crippen molar-refractivity contribution >= 4 is 50.2 Å².